The molecule has 0 bridgehead atoms. The summed E-state index contributed by atoms with van der Waals surface area (Å²) in [5.74, 6) is -0.0328. The second-order valence-corrected chi connectivity index (χ2v) is 12.7. The summed E-state index contributed by atoms with van der Waals surface area (Å²) in [7, 11) is -2.81. The van der Waals surface area contributed by atoms with Crippen LogP contribution in [0.4, 0.5) is 0 Å². The standard InChI is InChI=1S/2C10H9Cl4O4P/c2*1-16-19(15,17-2)18-10(5-11)6-3-8(13)9(14)4-7(6)12/h2*3-5H,1-2H3/b10-5+;10-5-. The molecule has 0 amide bonds. The van der Waals surface area contributed by atoms with Gasteiger partial charge in [0.15, 0.2) is 11.5 Å². The van der Waals surface area contributed by atoms with Gasteiger partial charge in [0.25, 0.3) is 0 Å². The SMILES string of the molecule is COP(=O)(OC)O/C(=C/Cl)c1cc(Cl)c(Cl)cc1Cl.COP(=O)(OC)O/C(=C\Cl)c1cc(Cl)c(Cl)cc1Cl. The predicted octanol–water partition coefficient (Wildman–Crippen LogP) is 11.2. The molecule has 0 aromatic heterocycles. The van der Waals surface area contributed by atoms with Gasteiger partial charge in [-0.05, 0) is 24.3 Å². The summed E-state index contributed by atoms with van der Waals surface area (Å²) in [6, 6.07) is 5.68. The maximum Gasteiger partial charge on any atom is 0.529 e. The molecule has 38 heavy (non-hydrogen) atoms. The van der Waals surface area contributed by atoms with E-state index in [1.54, 1.807) is 0 Å². The highest BCUT2D eigenvalue weighted by Crippen LogP contribution is 2.53. The average molecular weight is 732 g/mol. The van der Waals surface area contributed by atoms with Crippen molar-refractivity contribution in [2.75, 3.05) is 28.4 Å². The van der Waals surface area contributed by atoms with E-state index in [0.717, 1.165) is 11.1 Å². The zero-order chi connectivity index (χ0) is 29.3. The Morgan fingerprint density at radius 1 is 0.553 bits per heavy atom. The smallest absolute Gasteiger partial charge is 0.402 e. The van der Waals surface area contributed by atoms with Gasteiger partial charge in [-0.25, -0.2) is 9.13 Å². The van der Waals surface area contributed by atoms with Crippen LogP contribution < -0.4 is 0 Å². The predicted molar refractivity (Wildman–Crippen MR) is 156 cm³/mol. The molecule has 0 spiro atoms. The highest BCUT2D eigenvalue weighted by molar-refractivity contribution is 7.49. The van der Waals surface area contributed by atoms with E-state index in [1.165, 1.54) is 52.7 Å². The van der Waals surface area contributed by atoms with Gasteiger partial charge < -0.3 is 9.05 Å². The van der Waals surface area contributed by atoms with Crippen molar-refractivity contribution in [3.05, 3.63) is 76.6 Å². The van der Waals surface area contributed by atoms with Gasteiger partial charge in [0.2, 0.25) is 0 Å². The van der Waals surface area contributed by atoms with Gasteiger partial charge in [0, 0.05) is 50.6 Å². The van der Waals surface area contributed by atoms with E-state index < -0.39 is 15.6 Å². The molecule has 2 rings (SSSR count). The summed E-state index contributed by atoms with van der Waals surface area (Å²) in [5.41, 5.74) is 2.69. The molecule has 0 aliphatic rings. The first-order valence-electron chi connectivity index (χ1n) is 9.46. The molecule has 0 radical (unpaired) electrons. The summed E-state index contributed by atoms with van der Waals surface area (Å²) < 4.78 is 52.6. The zero-order valence-corrected chi connectivity index (χ0v) is 27.5. The summed E-state index contributed by atoms with van der Waals surface area (Å²) in [6.45, 7) is 0. The lowest BCUT2D eigenvalue weighted by Crippen LogP contribution is -1.96. The molecule has 0 N–H and O–H groups in total. The largest absolute Gasteiger partial charge is 0.529 e. The van der Waals surface area contributed by atoms with E-state index in [2.05, 4.69) is 18.1 Å². The Kier molecular flexibility index (Phi) is 15.8. The lowest BCUT2D eigenvalue weighted by molar-refractivity contribution is 0.200. The molecule has 0 aliphatic heterocycles. The van der Waals surface area contributed by atoms with Crippen LogP contribution >= 0.6 is 108 Å². The number of hydrogen-bond donors (Lipinski definition) is 0. The van der Waals surface area contributed by atoms with Crippen LogP contribution in [-0.2, 0) is 36.3 Å². The molecule has 212 valence electrons. The Morgan fingerprint density at radius 3 is 1.05 bits per heavy atom. The lowest BCUT2D eigenvalue weighted by atomic mass is 10.2. The number of halogens is 8. The molecule has 0 unspecified atom stereocenters. The van der Waals surface area contributed by atoms with Crippen molar-refractivity contribution < 1.29 is 36.3 Å². The molecule has 2 aromatic rings. The summed E-state index contributed by atoms with van der Waals surface area (Å²) in [5, 5.41) is 1.47. The Morgan fingerprint density at radius 2 is 0.816 bits per heavy atom. The molecule has 0 atom stereocenters. The van der Waals surface area contributed by atoms with E-state index in [-0.39, 0.29) is 41.7 Å². The molecule has 8 nitrogen and oxygen atoms in total. The normalized spacial score (nSPS) is 12.6. The molecule has 0 aliphatic carbocycles. The highest BCUT2D eigenvalue weighted by Gasteiger charge is 2.28. The van der Waals surface area contributed by atoms with Crippen LogP contribution in [0.25, 0.3) is 11.5 Å². The van der Waals surface area contributed by atoms with Gasteiger partial charge in [-0.15, -0.1) is 0 Å². The van der Waals surface area contributed by atoms with Gasteiger partial charge >= 0.3 is 15.6 Å². The van der Waals surface area contributed by atoms with Crippen LogP contribution in [0, 0.1) is 0 Å². The highest BCUT2D eigenvalue weighted by atomic mass is 35.5. The fourth-order valence-corrected chi connectivity index (χ4v) is 5.33. The third-order valence-corrected chi connectivity index (χ3v) is 9.16. The number of phosphoric ester groups is 2. The van der Waals surface area contributed by atoms with Gasteiger partial charge in [-0.1, -0.05) is 92.8 Å². The minimum Gasteiger partial charge on any atom is -0.402 e. The average Bonchev–Trinajstić information content (AvgIpc) is 2.90. The van der Waals surface area contributed by atoms with Gasteiger partial charge in [0.1, 0.15) is 0 Å². The van der Waals surface area contributed by atoms with Gasteiger partial charge in [0.05, 0.1) is 30.1 Å². The first kappa shape index (κ1) is 36.2. The molecule has 0 saturated heterocycles. The lowest BCUT2D eigenvalue weighted by Gasteiger charge is -2.17. The van der Waals surface area contributed by atoms with Gasteiger partial charge in [-0.3, -0.25) is 18.1 Å². The first-order valence-corrected chi connectivity index (χ1v) is 15.5. The molecule has 0 heterocycles. The Bertz CT molecular complexity index is 1170. The van der Waals surface area contributed by atoms with Crippen LogP contribution in [0.15, 0.2) is 35.3 Å². The van der Waals surface area contributed by atoms with Crippen molar-refractivity contribution >= 4 is 120 Å². The first-order chi connectivity index (χ1) is 17.7. The third-order valence-electron chi connectivity index (χ3n) is 4.06. The minimum atomic E-state index is -3.75. The topological polar surface area (TPSA) is 89.5 Å². The Balaban J connectivity index is 0.000000380. The van der Waals surface area contributed by atoms with Crippen LogP contribution in [-0.4, -0.2) is 28.4 Å². The van der Waals surface area contributed by atoms with Crippen molar-refractivity contribution in [2.45, 2.75) is 0 Å². The van der Waals surface area contributed by atoms with Crippen molar-refractivity contribution in [1.82, 2.24) is 0 Å². The molecule has 18 heteroatoms. The zero-order valence-electron chi connectivity index (χ0n) is 19.6. The Labute approximate surface area is 259 Å². The maximum atomic E-state index is 11.9. The molecule has 0 saturated carbocycles. The van der Waals surface area contributed by atoms with Crippen molar-refractivity contribution in [1.29, 1.82) is 0 Å². The van der Waals surface area contributed by atoms with Crippen LogP contribution in [0.1, 0.15) is 11.1 Å². The summed E-state index contributed by atoms with van der Waals surface area (Å²) in [4.78, 5) is 0. The van der Waals surface area contributed by atoms with Crippen LogP contribution in [0.2, 0.25) is 30.1 Å². The number of hydrogen-bond acceptors (Lipinski definition) is 8. The van der Waals surface area contributed by atoms with Crippen molar-refractivity contribution in [3.8, 4) is 0 Å². The monoisotopic (exact) mass is 728 g/mol. The van der Waals surface area contributed by atoms with E-state index in [1.807, 2.05) is 0 Å². The summed E-state index contributed by atoms with van der Waals surface area (Å²) in [6.07, 6.45) is 0. The molecule has 0 fully saturated rings. The summed E-state index contributed by atoms with van der Waals surface area (Å²) >= 11 is 46.6. The molecule has 2 aromatic carbocycles. The molecular weight excluding hydrogens is 714 g/mol. The van der Waals surface area contributed by atoms with Crippen LogP contribution in [0.5, 0.6) is 0 Å². The Hall–Kier alpha value is 0.140. The van der Waals surface area contributed by atoms with Crippen molar-refractivity contribution in [3.63, 3.8) is 0 Å². The van der Waals surface area contributed by atoms with E-state index in [9.17, 15) is 9.13 Å². The number of rotatable bonds is 10. The third kappa shape index (κ3) is 10.2. The van der Waals surface area contributed by atoms with Crippen molar-refractivity contribution in [2.24, 2.45) is 0 Å². The van der Waals surface area contributed by atoms with E-state index >= 15 is 0 Å². The van der Waals surface area contributed by atoms with E-state index in [4.69, 9.17) is 102 Å². The fourth-order valence-electron chi connectivity index (χ4n) is 2.22. The second kappa shape index (κ2) is 16.5. The van der Waals surface area contributed by atoms with Gasteiger partial charge in [-0.2, -0.15) is 0 Å². The number of phosphoric acid groups is 2. The number of benzene rings is 2. The minimum absolute atomic E-state index is 0.0164. The van der Waals surface area contributed by atoms with E-state index in [0.29, 0.717) is 11.1 Å². The molecular formula is C20H18Cl8O8P2. The quantitative estimate of drug-likeness (QED) is 0.136. The second-order valence-electron chi connectivity index (χ2n) is 6.25. The maximum absolute atomic E-state index is 11.9. The van der Waals surface area contributed by atoms with Crippen LogP contribution in [0.3, 0.4) is 0 Å². The fraction of sp³-hybridized carbons (Fsp3) is 0.200.